The molecule has 36 heavy (non-hydrogen) atoms. The minimum Gasteiger partial charge on any atom is -0.494 e. The van der Waals surface area contributed by atoms with E-state index in [1.165, 1.54) is 6.20 Å². The standard InChI is InChI=1S/C25H28N6O5/c1-34-21-13-36-12-20(21)31-11-15(9-28-31)16-4-3-5-18(23(16)35-2)29-19-8-22(27-10-17(19)24(26)32)30-25(33)14-6-7-14/h3-5,8-11,14,20-21H,6-7,12-13H2,1-2H3,(H2,26,32)(H2,27,29,30,33)/t20-,21-/m0/s1. The summed E-state index contributed by atoms with van der Waals surface area (Å²) in [4.78, 5) is 28.5. The normalized spacial score (nSPS) is 19.2. The quantitative estimate of drug-likeness (QED) is 0.414. The molecular weight excluding hydrogens is 464 g/mol. The van der Waals surface area contributed by atoms with Gasteiger partial charge in [0.05, 0.1) is 43.5 Å². The molecule has 1 aliphatic carbocycles. The van der Waals surface area contributed by atoms with Crippen LogP contribution >= 0.6 is 0 Å². The van der Waals surface area contributed by atoms with Crippen molar-refractivity contribution in [3.05, 3.63) is 48.4 Å². The van der Waals surface area contributed by atoms with Gasteiger partial charge in [0.2, 0.25) is 5.91 Å². The highest BCUT2D eigenvalue weighted by atomic mass is 16.5. The average molecular weight is 493 g/mol. The molecule has 0 radical (unpaired) electrons. The highest BCUT2D eigenvalue weighted by Crippen LogP contribution is 2.39. The summed E-state index contributed by atoms with van der Waals surface area (Å²) in [6.07, 6.45) is 6.72. The summed E-state index contributed by atoms with van der Waals surface area (Å²) >= 11 is 0. The second kappa shape index (κ2) is 9.96. The van der Waals surface area contributed by atoms with Crippen molar-refractivity contribution >= 4 is 29.0 Å². The van der Waals surface area contributed by atoms with Crippen LogP contribution in [0, 0.1) is 5.92 Å². The number of benzene rings is 1. The molecule has 11 nitrogen and oxygen atoms in total. The molecule has 2 amide bonds. The number of carbonyl (C=O) groups is 2. The number of nitrogens with zero attached hydrogens (tertiary/aromatic N) is 3. The number of primary amides is 1. The van der Waals surface area contributed by atoms with Crippen LogP contribution in [0.1, 0.15) is 29.2 Å². The van der Waals surface area contributed by atoms with Crippen molar-refractivity contribution < 1.29 is 23.8 Å². The monoisotopic (exact) mass is 492 g/mol. The van der Waals surface area contributed by atoms with Crippen molar-refractivity contribution in [3.63, 3.8) is 0 Å². The Balaban J connectivity index is 1.45. The lowest BCUT2D eigenvalue weighted by molar-refractivity contribution is -0.117. The number of anilines is 3. The van der Waals surface area contributed by atoms with E-state index in [-0.39, 0.29) is 29.5 Å². The van der Waals surface area contributed by atoms with Gasteiger partial charge in [0, 0.05) is 42.6 Å². The fourth-order valence-corrected chi connectivity index (χ4v) is 4.28. The molecule has 0 spiro atoms. The molecule has 1 aromatic carbocycles. The summed E-state index contributed by atoms with van der Waals surface area (Å²) in [6.45, 7) is 1.05. The number of methoxy groups -OCH3 is 2. The topological polar surface area (TPSA) is 143 Å². The van der Waals surface area contributed by atoms with E-state index in [4.69, 9.17) is 19.9 Å². The van der Waals surface area contributed by atoms with Gasteiger partial charge in [-0.05, 0) is 18.9 Å². The largest absolute Gasteiger partial charge is 0.494 e. The van der Waals surface area contributed by atoms with Gasteiger partial charge in [0.15, 0.2) is 0 Å². The van der Waals surface area contributed by atoms with Crippen molar-refractivity contribution in [3.8, 4) is 16.9 Å². The number of ether oxygens (including phenoxy) is 3. The molecule has 4 N–H and O–H groups in total. The van der Waals surface area contributed by atoms with E-state index in [9.17, 15) is 9.59 Å². The van der Waals surface area contributed by atoms with Gasteiger partial charge in [-0.15, -0.1) is 0 Å². The van der Waals surface area contributed by atoms with Crippen LogP contribution < -0.4 is 21.1 Å². The lowest BCUT2D eigenvalue weighted by Crippen LogP contribution is -2.24. The Hall–Kier alpha value is -3.96. The molecule has 1 saturated heterocycles. The van der Waals surface area contributed by atoms with Gasteiger partial charge in [0.25, 0.3) is 5.91 Å². The molecule has 0 bridgehead atoms. The van der Waals surface area contributed by atoms with Crippen LogP contribution in [0.4, 0.5) is 17.2 Å². The third kappa shape index (κ3) is 4.75. The molecule has 0 unspecified atom stereocenters. The first kappa shape index (κ1) is 23.8. The van der Waals surface area contributed by atoms with Crippen molar-refractivity contribution in [2.45, 2.75) is 25.0 Å². The van der Waals surface area contributed by atoms with Gasteiger partial charge < -0.3 is 30.6 Å². The zero-order valence-electron chi connectivity index (χ0n) is 20.1. The van der Waals surface area contributed by atoms with Gasteiger partial charge >= 0.3 is 0 Å². The predicted octanol–water partition coefficient (Wildman–Crippen LogP) is 2.73. The zero-order chi connectivity index (χ0) is 25.2. The Kier molecular flexibility index (Phi) is 6.57. The Morgan fingerprint density at radius 1 is 1.17 bits per heavy atom. The second-order valence-corrected chi connectivity index (χ2v) is 8.84. The van der Waals surface area contributed by atoms with Gasteiger partial charge in [-0.3, -0.25) is 14.3 Å². The molecule has 2 atom stereocenters. The molecule has 2 aliphatic rings. The molecule has 3 aromatic rings. The van der Waals surface area contributed by atoms with E-state index in [0.29, 0.717) is 36.2 Å². The van der Waals surface area contributed by atoms with E-state index in [2.05, 4.69) is 20.7 Å². The number of carbonyl (C=O) groups excluding carboxylic acids is 2. The van der Waals surface area contributed by atoms with E-state index in [0.717, 1.165) is 24.0 Å². The zero-order valence-corrected chi connectivity index (χ0v) is 20.1. The predicted molar refractivity (Wildman–Crippen MR) is 132 cm³/mol. The maximum Gasteiger partial charge on any atom is 0.252 e. The first-order valence-electron chi connectivity index (χ1n) is 11.7. The number of hydrogen-bond donors (Lipinski definition) is 3. The first-order chi connectivity index (χ1) is 17.5. The van der Waals surface area contributed by atoms with Crippen LogP contribution in [0.25, 0.3) is 11.1 Å². The number of pyridine rings is 1. The molecule has 5 rings (SSSR count). The smallest absolute Gasteiger partial charge is 0.252 e. The van der Waals surface area contributed by atoms with Gasteiger partial charge in [-0.25, -0.2) is 4.98 Å². The molecule has 3 heterocycles. The molecule has 2 fully saturated rings. The van der Waals surface area contributed by atoms with Gasteiger partial charge in [-0.1, -0.05) is 12.1 Å². The second-order valence-electron chi connectivity index (χ2n) is 8.84. The summed E-state index contributed by atoms with van der Waals surface area (Å²) in [5, 5.41) is 10.6. The fraction of sp³-hybridized carbons (Fsp3) is 0.360. The lowest BCUT2D eigenvalue weighted by atomic mass is 10.1. The summed E-state index contributed by atoms with van der Waals surface area (Å²) < 4.78 is 18.7. The maximum atomic E-state index is 12.2. The van der Waals surface area contributed by atoms with Crippen LogP contribution in [-0.4, -0.2) is 60.1 Å². The Morgan fingerprint density at radius 3 is 2.72 bits per heavy atom. The molecule has 1 aliphatic heterocycles. The number of amides is 2. The Bertz CT molecular complexity index is 1290. The SMILES string of the molecule is COc1c(Nc2cc(NC(=O)C3CC3)ncc2C(N)=O)cccc1-c1cnn([C@H]2COC[C@@H]2OC)c1. The first-order valence-corrected chi connectivity index (χ1v) is 11.7. The number of nitrogens with two attached hydrogens (primary N) is 1. The number of para-hydroxylation sites is 1. The number of hydrogen-bond acceptors (Lipinski definition) is 8. The Labute approximate surface area is 207 Å². The van der Waals surface area contributed by atoms with Crippen molar-refractivity contribution in [2.75, 3.05) is 38.1 Å². The van der Waals surface area contributed by atoms with Crippen molar-refractivity contribution in [1.82, 2.24) is 14.8 Å². The number of rotatable bonds is 9. The third-order valence-corrected chi connectivity index (χ3v) is 6.41. The maximum absolute atomic E-state index is 12.2. The summed E-state index contributed by atoms with van der Waals surface area (Å²) in [5.74, 6) is 0.181. The van der Waals surface area contributed by atoms with Crippen molar-refractivity contribution in [2.24, 2.45) is 11.7 Å². The fourth-order valence-electron chi connectivity index (χ4n) is 4.28. The molecule has 2 aromatic heterocycles. The molecule has 11 heteroatoms. The third-order valence-electron chi connectivity index (χ3n) is 6.41. The average Bonchev–Trinajstić information content (AvgIpc) is 3.42. The number of aromatic nitrogens is 3. The number of nitrogens with one attached hydrogen (secondary N) is 2. The van der Waals surface area contributed by atoms with Crippen LogP contribution in [-0.2, 0) is 14.3 Å². The molecule has 188 valence electrons. The summed E-state index contributed by atoms with van der Waals surface area (Å²) in [5.41, 5.74) is 8.43. The summed E-state index contributed by atoms with van der Waals surface area (Å²) in [7, 11) is 3.24. The van der Waals surface area contributed by atoms with Crippen LogP contribution in [0.15, 0.2) is 42.9 Å². The van der Waals surface area contributed by atoms with E-state index in [1.807, 2.05) is 29.1 Å². The minimum absolute atomic E-state index is 0.0183. The Morgan fingerprint density at radius 2 is 2.00 bits per heavy atom. The van der Waals surface area contributed by atoms with Crippen LogP contribution in [0.3, 0.4) is 0 Å². The van der Waals surface area contributed by atoms with Crippen LogP contribution in [0.5, 0.6) is 5.75 Å². The lowest BCUT2D eigenvalue weighted by Gasteiger charge is -2.17. The minimum atomic E-state index is -0.645. The van der Waals surface area contributed by atoms with E-state index in [1.54, 1.807) is 26.5 Å². The highest BCUT2D eigenvalue weighted by molar-refractivity contribution is 6.01. The van der Waals surface area contributed by atoms with Crippen molar-refractivity contribution in [1.29, 1.82) is 0 Å². The van der Waals surface area contributed by atoms with Crippen LogP contribution in [0.2, 0.25) is 0 Å². The molecule has 1 saturated carbocycles. The highest BCUT2D eigenvalue weighted by Gasteiger charge is 2.31. The van der Waals surface area contributed by atoms with Gasteiger partial charge in [0.1, 0.15) is 23.7 Å². The summed E-state index contributed by atoms with van der Waals surface area (Å²) in [6, 6.07) is 7.19. The van der Waals surface area contributed by atoms with E-state index < -0.39 is 5.91 Å². The molecular formula is C25H28N6O5. The van der Waals surface area contributed by atoms with Gasteiger partial charge in [-0.2, -0.15) is 5.10 Å². The van der Waals surface area contributed by atoms with E-state index >= 15 is 0 Å².